The van der Waals surface area contributed by atoms with Crippen LogP contribution in [0.1, 0.15) is 24.2 Å². The lowest BCUT2D eigenvalue weighted by atomic mass is 9.95. The van der Waals surface area contributed by atoms with Crippen molar-refractivity contribution in [2.24, 2.45) is 5.41 Å². The van der Waals surface area contributed by atoms with Crippen LogP contribution in [0.2, 0.25) is 0 Å². The van der Waals surface area contributed by atoms with Crippen molar-refractivity contribution in [3.8, 4) is 5.75 Å². The van der Waals surface area contributed by atoms with E-state index in [4.69, 9.17) is 9.84 Å². The molecule has 1 amide bonds. The fraction of sp³-hybridized carbons (Fsp3) is 0.400. The van der Waals surface area contributed by atoms with E-state index in [1.165, 1.54) is 0 Å². The molecule has 0 saturated heterocycles. The molecule has 1 rings (SSSR count). The van der Waals surface area contributed by atoms with Gasteiger partial charge in [-0.15, -0.1) is 0 Å². The average molecular weight is 263 g/mol. The van der Waals surface area contributed by atoms with E-state index in [0.29, 0.717) is 24.5 Å². The monoisotopic (exact) mass is 263 g/mol. The maximum atomic E-state index is 12.1. The Morgan fingerprint density at radius 1 is 1.47 bits per heavy atom. The van der Waals surface area contributed by atoms with Crippen molar-refractivity contribution < 1.29 is 14.6 Å². The largest absolute Gasteiger partial charge is 0.489 e. The molecule has 0 aliphatic heterocycles. The van der Waals surface area contributed by atoms with Crippen molar-refractivity contribution in [3.63, 3.8) is 0 Å². The van der Waals surface area contributed by atoms with E-state index in [0.717, 1.165) is 0 Å². The Hall–Kier alpha value is -1.81. The van der Waals surface area contributed by atoms with Crippen molar-refractivity contribution in [2.75, 3.05) is 19.8 Å². The van der Waals surface area contributed by atoms with Gasteiger partial charge in [0.1, 0.15) is 12.4 Å². The third-order valence-corrected chi connectivity index (χ3v) is 2.64. The minimum absolute atomic E-state index is 0.0158. The molecule has 1 aromatic rings. The van der Waals surface area contributed by atoms with E-state index in [9.17, 15) is 4.79 Å². The Kier molecular flexibility index (Phi) is 5.57. The summed E-state index contributed by atoms with van der Waals surface area (Å²) >= 11 is 0. The third-order valence-electron chi connectivity index (χ3n) is 2.64. The maximum absolute atomic E-state index is 12.1. The number of carbonyl (C=O) groups is 1. The van der Waals surface area contributed by atoms with Gasteiger partial charge in [-0.1, -0.05) is 38.6 Å². The number of aliphatic hydroxyl groups is 1. The first-order chi connectivity index (χ1) is 9.00. The molecule has 0 fully saturated rings. The number of ether oxygens (including phenoxy) is 1. The number of hydrogen-bond acceptors (Lipinski definition) is 3. The Morgan fingerprint density at radius 3 is 2.79 bits per heavy atom. The Labute approximate surface area is 114 Å². The van der Waals surface area contributed by atoms with Crippen LogP contribution in [0, 0.1) is 5.41 Å². The first-order valence-electron chi connectivity index (χ1n) is 6.22. The van der Waals surface area contributed by atoms with Crippen LogP contribution in [0.4, 0.5) is 0 Å². The zero-order valence-corrected chi connectivity index (χ0v) is 11.5. The van der Waals surface area contributed by atoms with Gasteiger partial charge in [0, 0.05) is 18.6 Å². The summed E-state index contributed by atoms with van der Waals surface area (Å²) in [7, 11) is 0. The number of hydrogen-bond donors (Lipinski definition) is 2. The zero-order valence-electron chi connectivity index (χ0n) is 11.5. The summed E-state index contributed by atoms with van der Waals surface area (Å²) in [5.74, 6) is 0.322. The lowest BCUT2D eigenvalue weighted by Gasteiger charge is -2.22. The molecule has 4 heteroatoms. The van der Waals surface area contributed by atoms with E-state index in [1.807, 2.05) is 19.9 Å². The second-order valence-corrected chi connectivity index (χ2v) is 5.10. The van der Waals surface area contributed by atoms with Gasteiger partial charge >= 0.3 is 0 Å². The summed E-state index contributed by atoms with van der Waals surface area (Å²) in [4.78, 5) is 12.1. The van der Waals surface area contributed by atoms with Crippen LogP contribution in [0.3, 0.4) is 0 Å². The fourth-order valence-electron chi connectivity index (χ4n) is 1.40. The first-order valence-corrected chi connectivity index (χ1v) is 6.22. The predicted octanol–water partition coefficient (Wildman–Crippen LogP) is 2.00. The molecule has 0 aliphatic carbocycles. The summed E-state index contributed by atoms with van der Waals surface area (Å²) in [6, 6.07) is 7.05. The molecule has 0 aromatic heterocycles. The molecule has 0 atom stereocenters. The quantitative estimate of drug-likeness (QED) is 0.740. The fourth-order valence-corrected chi connectivity index (χ4v) is 1.40. The molecule has 1 aromatic carbocycles. The minimum Gasteiger partial charge on any atom is -0.489 e. The van der Waals surface area contributed by atoms with E-state index >= 15 is 0 Å². The second-order valence-electron chi connectivity index (χ2n) is 5.10. The summed E-state index contributed by atoms with van der Waals surface area (Å²) in [6.07, 6.45) is 1.63. The molecule has 2 N–H and O–H groups in total. The average Bonchev–Trinajstić information content (AvgIpc) is 2.43. The SMILES string of the molecule is C=CCOc1ccccc1C(=O)NCC(C)(C)CO. The lowest BCUT2D eigenvalue weighted by Crippen LogP contribution is -2.36. The van der Waals surface area contributed by atoms with Gasteiger partial charge in [0.05, 0.1) is 5.56 Å². The number of rotatable bonds is 7. The lowest BCUT2D eigenvalue weighted by molar-refractivity contribution is 0.0907. The molecule has 4 nitrogen and oxygen atoms in total. The predicted molar refractivity (Wildman–Crippen MR) is 75.3 cm³/mol. The smallest absolute Gasteiger partial charge is 0.255 e. The summed E-state index contributed by atoms with van der Waals surface area (Å²) in [5, 5.41) is 12.0. The standard InChI is InChI=1S/C15H21NO3/c1-4-9-19-13-8-6-5-7-12(13)14(18)16-10-15(2,3)11-17/h4-8,17H,1,9-11H2,2-3H3,(H,16,18). The van der Waals surface area contributed by atoms with E-state index < -0.39 is 0 Å². The Balaban J connectivity index is 2.73. The molecule has 104 valence electrons. The van der Waals surface area contributed by atoms with Crippen LogP contribution in [0.15, 0.2) is 36.9 Å². The molecule has 0 saturated carbocycles. The number of benzene rings is 1. The topological polar surface area (TPSA) is 58.6 Å². The molecule has 0 spiro atoms. The highest BCUT2D eigenvalue weighted by Crippen LogP contribution is 2.18. The Morgan fingerprint density at radius 2 is 2.16 bits per heavy atom. The van der Waals surface area contributed by atoms with Gasteiger partial charge in [0.25, 0.3) is 5.91 Å². The van der Waals surface area contributed by atoms with Crippen molar-refractivity contribution in [1.82, 2.24) is 5.32 Å². The minimum atomic E-state index is -0.341. The summed E-state index contributed by atoms with van der Waals surface area (Å²) < 4.78 is 5.44. The van der Waals surface area contributed by atoms with Crippen LogP contribution in [-0.2, 0) is 0 Å². The summed E-state index contributed by atoms with van der Waals surface area (Å²) in [6.45, 7) is 8.11. The van der Waals surface area contributed by atoms with Crippen molar-refractivity contribution in [3.05, 3.63) is 42.5 Å². The molecule has 0 aliphatic rings. The maximum Gasteiger partial charge on any atom is 0.255 e. The van der Waals surface area contributed by atoms with Crippen LogP contribution in [0.5, 0.6) is 5.75 Å². The normalized spacial score (nSPS) is 10.9. The van der Waals surface area contributed by atoms with Gasteiger partial charge in [0.15, 0.2) is 0 Å². The third kappa shape index (κ3) is 4.75. The number of nitrogens with one attached hydrogen (secondary N) is 1. The van der Waals surface area contributed by atoms with Crippen LogP contribution < -0.4 is 10.1 Å². The van der Waals surface area contributed by atoms with Crippen molar-refractivity contribution in [1.29, 1.82) is 0 Å². The van der Waals surface area contributed by atoms with Gasteiger partial charge < -0.3 is 15.2 Å². The number of carbonyl (C=O) groups excluding carboxylic acids is 1. The van der Waals surface area contributed by atoms with E-state index in [2.05, 4.69) is 11.9 Å². The first kappa shape index (κ1) is 15.2. The highest BCUT2D eigenvalue weighted by molar-refractivity contribution is 5.96. The molecular weight excluding hydrogens is 242 g/mol. The molecular formula is C15H21NO3. The highest BCUT2D eigenvalue weighted by Gasteiger charge is 2.19. The number of aliphatic hydroxyl groups excluding tert-OH is 1. The van der Waals surface area contributed by atoms with Crippen LogP contribution in [0.25, 0.3) is 0 Å². The van der Waals surface area contributed by atoms with E-state index in [1.54, 1.807) is 24.3 Å². The molecule has 0 bridgehead atoms. The Bertz CT molecular complexity index is 441. The number of para-hydroxylation sites is 1. The highest BCUT2D eigenvalue weighted by atomic mass is 16.5. The van der Waals surface area contributed by atoms with Gasteiger partial charge in [-0.3, -0.25) is 4.79 Å². The molecule has 0 radical (unpaired) electrons. The van der Waals surface area contributed by atoms with E-state index in [-0.39, 0.29) is 17.9 Å². The van der Waals surface area contributed by atoms with Crippen molar-refractivity contribution >= 4 is 5.91 Å². The van der Waals surface area contributed by atoms with Gasteiger partial charge in [-0.2, -0.15) is 0 Å². The second kappa shape index (κ2) is 6.95. The van der Waals surface area contributed by atoms with Gasteiger partial charge in [0.2, 0.25) is 0 Å². The molecule has 0 unspecified atom stereocenters. The van der Waals surface area contributed by atoms with Crippen LogP contribution >= 0.6 is 0 Å². The zero-order chi connectivity index (χ0) is 14.3. The molecule has 19 heavy (non-hydrogen) atoms. The van der Waals surface area contributed by atoms with Crippen LogP contribution in [-0.4, -0.2) is 30.8 Å². The molecule has 0 heterocycles. The number of amides is 1. The van der Waals surface area contributed by atoms with Gasteiger partial charge in [-0.05, 0) is 12.1 Å². The summed E-state index contributed by atoms with van der Waals surface area (Å²) in [5.41, 5.74) is 0.144. The van der Waals surface area contributed by atoms with Crippen molar-refractivity contribution in [2.45, 2.75) is 13.8 Å². The van der Waals surface area contributed by atoms with Gasteiger partial charge in [-0.25, -0.2) is 0 Å².